The molecule has 8 heavy (non-hydrogen) atoms. The molecule has 0 unspecified atom stereocenters. The normalized spacial score (nSPS) is 12.1. The summed E-state index contributed by atoms with van der Waals surface area (Å²) in [5.74, 6) is 0.527. The van der Waals surface area contributed by atoms with Crippen LogP contribution in [0.4, 0.5) is 0 Å². The number of halogens is 2. The Morgan fingerprint density at radius 2 is 2.25 bits per heavy atom. The largest absolute Gasteiger partial charge is 0.122 e. The van der Waals surface area contributed by atoms with Gasteiger partial charge in [-0.1, -0.05) is 31.0 Å². The molecule has 0 heterocycles. The summed E-state index contributed by atoms with van der Waals surface area (Å²) in [7, 11) is 0. The fourth-order valence-electron chi connectivity index (χ4n) is 0.425. The molecule has 0 saturated heterocycles. The van der Waals surface area contributed by atoms with Gasteiger partial charge in [0.2, 0.25) is 0 Å². The zero-order chi connectivity index (χ0) is 6.41. The number of hydrogen-bond acceptors (Lipinski definition) is 0. The smallest absolute Gasteiger partial charge is 0.0418 e. The van der Waals surface area contributed by atoms with E-state index in [1.54, 1.807) is 0 Å². The predicted octanol–water partition coefficient (Wildman–Crippen LogP) is 3.15. The number of rotatable bonds is 3. The lowest BCUT2D eigenvalue weighted by Crippen LogP contribution is -1.71. The average molecular weight is 153 g/mol. The van der Waals surface area contributed by atoms with Crippen molar-refractivity contribution in [1.29, 1.82) is 0 Å². The molecule has 0 aromatic carbocycles. The van der Waals surface area contributed by atoms with Gasteiger partial charge >= 0.3 is 0 Å². The second-order valence-electron chi connectivity index (χ2n) is 1.56. The molecule has 0 aliphatic rings. The maximum atomic E-state index is 5.66. The van der Waals surface area contributed by atoms with Gasteiger partial charge in [0.25, 0.3) is 0 Å². The average Bonchev–Trinajstić information content (AvgIpc) is 1.68. The molecule has 0 N–H and O–H groups in total. The molecule has 0 aliphatic heterocycles. The first kappa shape index (κ1) is 8.32. The van der Waals surface area contributed by atoms with Crippen molar-refractivity contribution in [3.63, 3.8) is 0 Å². The second kappa shape index (κ2) is 5.46. The first-order valence-corrected chi connectivity index (χ1v) is 3.63. The second-order valence-corrected chi connectivity index (χ2v) is 2.35. The Morgan fingerprint density at radius 1 is 1.62 bits per heavy atom. The summed E-state index contributed by atoms with van der Waals surface area (Å²) in [6, 6.07) is 0. The summed E-state index contributed by atoms with van der Waals surface area (Å²) >= 11 is 11.0. The van der Waals surface area contributed by atoms with E-state index in [0.717, 1.165) is 17.9 Å². The summed E-state index contributed by atoms with van der Waals surface area (Å²) in [6.45, 7) is 2.09. The molecule has 0 radical (unpaired) electrons. The maximum Gasteiger partial charge on any atom is 0.0418 e. The van der Waals surface area contributed by atoms with Crippen molar-refractivity contribution in [3.8, 4) is 0 Å². The lowest BCUT2D eigenvalue weighted by molar-refractivity contribution is 0.943. The van der Waals surface area contributed by atoms with Crippen LogP contribution in [-0.4, -0.2) is 5.88 Å². The number of allylic oxidation sites excluding steroid dienone is 2. The summed E-state index contributed by atoms with van der Waals surface area (Å²) in [5, 5.41) is 0.877. The predicted molar refractivity (Wildman–Crippen MR) is 39.6 cm³/mol. The molecule has 0 bridgehead atoms. The van der Waals surface area contributed by atoms with Gasteiger partial charge in [0.05, 0.1) is 0 Å². The van der Waals surface area contributed by atoms with Crippen molar-refractivity contribution in [3.05, 3.63) is 11.1 Å². The van der Waals surface area contributed by atoms with Crippen LogP contribution in [0.1, 0.15) is 19.8 Å². The van der Waals surface area contributed by atoms with Crippen LogP contribution in [0.15, 0.2) is 11.1 Å². The maximum absolute atomic E-state index is 5.66. The molecule has 0 amide bonds. The molecule has 0 rings (SSSR count). The highest BCUT2D eigenvalue weighted by molar-refractivity contribution is 6.30. The van der Waals surface area contributed by atoms with E-state index in [-0.39, 0.29) is 0 Å². The van der Waals surface area contributed by atoms with Crippen LogP contribution < -0.4 is 0 Å². The molecule has 0 saturated carbocycles. The van der Waals surface area contributed by atoms with Gasteiger partial charge in [0.1, 0.15) is 0 Å². The summed E-state index contributed by atoms with van der Waals surface area (Å²) in [4.78, 5) is 0. The molecule has 0 nitrogen and oxygen atoms in total. The Morgan fingerprint density at radius 3 is 2.62 bits per heavy atom. The third-order valence-electron chi connectivity index (χ3n) is 0.787. The zero-order valence-electron chi connectivity index (χ0n) is 4.95. The van der Waals surface area contributed by atoms with Crippen molar-refractivity contribution in [1.82, 2.24) is 0 Å². The Bertz CT molecular complexity index is 76.6. The summed E-state index contributed by atoms with van der Waals surface area (Å²) in [5.41, 5.74) is 0. The molecule has 0 aromatic rings. The fourth-order valence-corrected chi connectivity index (χ4v) is 0.956. The van der Waals surface area contributed by atoms with Crippen LogP contribution in [-0.2, 0) is 0 Å². The van der Waals surface area contributed by atoms with E-state index in [2.05, 4.69) is 6.92 Å². The number of alkyl halides is 1. The van der Waals surface area contributed by atoms with Gasteiger partial charge in [-0.15, -0.1) is 11.6 Å². The summed E-state index contributed by atoms with van der Waals surface area (Å²) < 4.78 is 0. The van der Waals surface area contributed by atoms with E-state index in [4.69, 9.17) is 23.2 Å². The fraction of sp³-hybridized carbons (Fsp3) is 0.667. The first-order valence-electron chi connectivity index (χ1n) is 2.71. The van der Waals surface area contributed by atoms with Gasteiger partial charge < -0.3 is 0 Å². The minimum absolute atomic E-state index is 0.527. The lowest BCUT2D eigenvalue weighted by Gasteiger charge is -1.89. The quantitative estimate of drug-likeness (QED) is 0.546. The molecule has 0 spiro atoms. The molecule has 2 heteroatoms. The molecule has 0 atom stereocenters. The first-order chi connectivity index (χ1) is 3.81. The van der Waals surface area contributed by atoms with Crippen molar-refractivity contribution in [2.45, 2.75) is 19.8 Å². The van der Waals surface area contributed by atoms with Crippen LogP contribution in [0, 0.1) is 0 Å². The van der Waals surface area contributed by atoms with E-state index in [0.29, 0.717) is 5.88 Å². The van der Waals surface area contributed by atoms with Crippen molar-refractivity contribution in [2.24, 2.45) is 0 Å². The molecular formula is C6H10Cl2. The van der Waals surface area contributed by atoms with E-state index in [9.17, 15) is 0 Å². The topological polar surface area (TPSA) is 0 Å². The van der Waals surface area contributed by atoms with Crippen molar-refractivity contribution >= 4 is 23.2 Å². The van der Waals surface area contributed by atoms with E-state index >= 15 is 0 Å². The minimum atomic E-state index is 0.527. The van der Waals surface area contributed by atoms with E-state index in [1.807, 2.05) is 6.08 Å². The third-order valence-corrected chi connectivity index (χ3v) is 1.29. The Balaban J connectivity index is 3.29. The zero-order valence-corrected chi connectivity index (χ0v) is 6.47. The van der Waals surface area contributed by atoms with Crippen LogP contribution in [0.25, 0.3) is 0 Å². The number of hydrogen-bond donors (Lipinski definition) is 0. The lowest BCUT2D eigenvalue weighted by atomic mass is 10.3. The molecule has 48 valence electrons. The molecule has 0 fully saturated rings. The molecule has 0 aromatic heterocycles. The van der Waals surface area contributed by atoms with E-state index < -0.39 is 0 Å². The highest BCUT2D eigenvalue weighted by Gasteiger charge is 1.85. The Kier molecular flexibility index (Phi) is 5.67. The SMILES string of the molecule is CCC/C(Cl)=C/CCl. The van der Waals surface area contributed by atoms with Crippen LogP contribution >= 0.6 is 23.2 Å². The third kappa shape index (κ3) is 4.48. The Hall–Kier alpha value is 0.320. The van der Waals surface area contributed by atoms with Gasteiger partial charge in [-0.05, 0) is 6.42 Å². The van der Waals surface area contributed by atoms with Gasteiger partial charge in [-0.25, -0.2) is 0 Å². The minimum Gasteiger partial charge on any atom is -0.122 e. The van der Waals surface area contributed by atoms with Gasteiger partial charge in [-0.2, -0.15) is 0 Å². The highest BCUT2D eigenvalue weighted by Crippen LogP contribution is 2.08. The Labute approximate surface area is 60.5 Å². The van der Waals surface area contributed by atoms with Gasteiger partial charge in [0, 0.05) is 10.9 Å². The standard InChI is InChI=1S/C6H10Cl2/c1-2-3-6(8)4-5-7/h4H,2-3,5H2,1H3/b6-4-. The molecular weight excluding hydrogens is 143 g/mol. The van der Waals surface area contributed by atoms with Gasteiger partial charge in [0.15, 0.2) is 0 Å². The van der Waals surface area contributed by atoms with Crippen LogP contribution in [0.5, 0.6) is 0 Å². The highest BCUT2D eigenvalue weighted by atomic mass is 35.5. The van der Waals surface area contributed by atoms with Gasteiger partial charge in [-0.3, -0.25) is 0 Å². The van der Waals surface area contributed by atoms with Crippen LogP contribution in [0.2, 0.25) is 0 Å². The monoisotopic (exact) mass is 152 g/mol. The molecule has 0 aliphatic carbocycles. The summed E-state index contributed by atoms with van der Waals surface area (Å²) in [6.07, 6.45) is 3.87. The van der Waals surface area contributed by atoms with Crippen molar-refractivity contribution < 1.29 is 0 Å². The van der Waals surface area contributed by atoms with Crippen molar-refractivity contribution in [2.75, 3.05) is 5.88 Å². The van der Waals surface area contributed by atoms with E-state index in [1.165, 1.54) is 0 Å². The van der Waals surface area contributed by atoms with Crippen LogP contribution in [0.3, 0.4) is 0 Å².